The first-order valence-corrected chi connectivity index (χ1v) is 19.0. The number of nitrogens with one attached hydrogen (secondary N) is 4. The van der Waals surface area contributed by atoms with Crippen molar-refractivity contribution in [1.29, 1.82) is 0 Å². The Bertz CT molecular complexity index is 2730. The highest BCUT2D eigenvalue weighted by molar-refractivity contribution is 5.85. The van der Waals surface area contributed by atoms with E-state index in [9.17, 15) is 14.4 Å². The molecule has 0 radical (unpaired) electrons. The molecule has 0 bridgehead atoms. The van der Waals surface area contributed by atoms with Crippen LogP contribution in [0.2, 0.25) is 0 Å². The minimum atomic E-state index is -0.129. The third-order valence-electron chi connectivity index (χ3n) is 12.9. The van der Waals surface area contributed by atoms with Gasteiger partial charge in [0, 0.05) is 34.7 Å². The molecule has 2 spiro atoms. The summed E-state index contributed by atoms with van der Waals surface area (Å²) in [4.78, 5) is 39.4. The van der Waals surface area contributed by atoms with E-state index in [1.54, 1.807) is 0 Å². The molecule has 3 aromatic heterocycles. The highest BCUT2D eigenvalue weighted by Crippen LogP contribution is 2.65. The van der Waals surface area contributed by atoms with Crippen LogP contribution < -0.4 is 27.9 Å². The maximum absolute atomic E-state index is 12.4. The molecular formula is C44H46N8O3. The van der Waals surface area contributed by atoms with Gasteiger partial charge in [-0.25, -0.2) is 15.0 Å². The normalized spacial score (nSPS) is 26.3. The van der Waals surface area contributed by atoms with E-state index in [-0.39, 0.29) is 30.3 Å². The Morgan fingerprint density at radius 3 is 1.69 bits per heavy atom. The predicted molar refractivity (Wildman–Crippen MR) is 219 cm³/mol. The molecule has 4 fully saturated rings. The van der Waals surface area contributed by atoms with Gasteiger partial charge in [-0.15, -0.1) is 0 Å². The van der Waals surface area contributed by atoms with E-state index in [1.807, 2.05) is 102 Å². The quantitative estimate of drug-likeness (QED) is 0.113. The fraction of sp³-hybridized carbons (Fsp3) is 0.341. The van der Waals surface area contributed by atoms with Crippen molar-refractivity contribution >= 4 is 44.0 Å². The number of para-hydroxylation sites is 4. The minimum Gasteiger partial charge on any atom is -0.397 e. The van der Waals surface area contributed by atoms with Crippen molar-refractivity contribution in [2.45, 2.75) is 82.7 Å². The monoisotopic (exact) mass is 734 g/mol. The van der Waals surface area contributed by atoms with Crippen molar-refractivity contribution in [1.82, 2.24) is 29.9 Å². The number of rotatable bonds is 5. The van der Waals surface area contributed by atoms with Crippen LogP contribution in [0, 0.1) is 10.8 Å². The van der Waals surface area contributed by atoms with Crippen LogP contribution in [0.25, 0.3) is 32.6 Å². The second kappa shape index (κ2) is 13.1. The summed E-state index contributed by atoms with van der Waals surface area (Å²) in [6.07, 6.45) is 8.88. The molecule has 3 heterocycles. The van der Waals surface area contributed by atoms with Gasteiger partial charge in [-0.2, -0.15) is 10.2 Å². The molecule has 0 unspecified atom stereocenters. The number of imidazole rings is 1. The van der Waals surface area contributed by atoms with E-state index in [0.717, 1.165) is 88.5 Å². The van der Waals surface area contributed by atoms with Gasteiger partial charge in [0.2, 0.25) is 0 Å². The molecule has 11 heteroatoms. The zero-order valence-corrected chi connectivity index (χ0v) is 29.8. The number of hydrogen-bond acceptors (Lipinski definition) is 7. The Balaban J connectivity index is 0.000000142. The summed E-state index contributed by atoms with van der Waals surface area (Å²) in [5.74, 6) is 0.821. The number of nitrogen functional groups attached to an aromatic ring is 1. The largest absolute Gasteiger partial charge is 0.397 e. The molecule has 4 aliphatic carbocycles. The standard InChI is InChI=1S/C22H20N4O2.C21H22N4O.CH4/c27-20-16-6-2-1-5-15(16)19(24-25-20)13-9-22(10-13)11-14(12-22)26-18-8-4-3-7-17(18)23-21(26)28;22-17-7-3-4-8-18(17)23-14-11-21(12-14)9-13(10-21)19-15-5-1-2-6-16(15)20(26)25-24-19;/h1-8,13-14H,9-12H2,(H,23,28)(H,25,27);1-8,13-14,23H,9-12,22H2,(H,25,26);1H4. The van der Waals surface area contributed by atoms with Crippen molar-refractivity contribution < 1.29 is 0 Å². The second-order valence-corrected chi connectivity index (χ2v) is 16.4. The summed E-state index contributed by atoms with van der Waals surface area (Å²) in [5.41, 5.74) is 12.3. The fourth-order valence-electron chi connectivity index (χ4n) is 10.4. The van der Waals surface area contributed by atoms with Crippen LogP contribution in [0.1, 0.15) is 88.1 Å². The number of anilines is 2. The van der Waals surface area contributed by atoms with Crippen LogP contribution in [0.5, 0.6) is 0 Å². The van der Waals surface area contributed by atoms with Gasteiger partial charge in [-0.3, -0.25) is 14.2 Å². The van der Waals surface area contributed by atoms with Crippen LogP contribution in [-0.4, -0.2) is 36.0 Å². The van der Waals surface area contributed by atoms with Gasteiger partial charge in [-0.1, -0.05) is 68.1 Å². The number of aromatic amines is 3. The van der Waals surface area contributed by atoms with Gasteiger partial charge in [0.25, 0.3) is 11.1 Å². The van der Waals surface area contributed by atoms with E-state index in [2.05, 4.69) is 30.7 Å². The topological polar surface area (TPSA) is 167 Å². The number of nitrogens with two attached hydrogens (primary N) is 1. The zero-order chi connectivity index (χ0) is 36.6. The highest BCUT2D eigenvalue weighted by atomic mass is 16.1. The molecule has 4 aromatic carbocycles. The number of aromatic nitrogens is 6. The molecule has 0 amide bonds. The molecule has 4 aliphatic rings. The number of nitrogens with zero attached hydrogens (tertiary/aromatic N) is 3. The van der Waals surface area contributed by atoms with Crippen molar-refractivity contribution in [3.05, 3.63) is 140 Å². The summed E-state index contributed by atoms with van der Waals surface area (Å²) in [6, 6.07) is 32.1. The molecule has 280 valence electrons. The summed E-state index contributed by atoms with van der Waals surface area (Å²) < 4.78 is 1.93. The van der Waals surface area contributed by atoms with Crippen molar-refractivity contribution in [3.63, 3.8) is 0 Å². The summed E-state index contributed by atoms with van der Waals surface area (Å²) >= 11 is 0. The number of H-pyrrole nitrogens is 3. The third-order valence-corrected chi connectivity index (χ3v) is 12.9. The average molecular weight is 735 g/mol. The lowest BCUT2D eigenvalue weighted by Gasteiger charge is -2.58. The molecular weight excluding hydrogens is 689 g/mol. The van der Waals surface area contributed by atoms with Crippen molar-refractivity contribution in [3.8, 4) is 0 Å². The van der Waals surface area contributed by atoms with Crippen molar-refractivity contribution in [2.75, 3.05) is 11.1 Å². The Morgan fingerprint density at radius 2 is 1.11 bits per heavy atom. The fourth-order valence-corrected chi connectivity index (χ4v) is 10.4. The lowest BCUT2D eigenvalue weighted by atomic mass is 9.49. The van der Waals surface area contributed by atoms with E-state index in [0.29, 0.717) is 34.1 Å². The third kappa shape index (κ3) is 5.84. The molecule has 0 saturated heterocycles. The van der Waals surface area contributed by atoms with Gasteiger partial charge >= 0.3 is 5.69 Å². The molecule has 6 N–H and O–H groups in total. The minimum absolute atomic E-state index is 0. The molecule has 55 heavy (non-hydrogen) atoms. The molecule has 0 aliphatic heterocycles. The molecule has 11 rings (SSSR count). The first-order chi connectivity index (χ1) is 26.3. The number of hydrogen-bond donors (Lipinski definition) is 5. The summed E-state index contributed by atoms with van der Waals surface area (Å²) in [5, 5.41) is 21.1. The molecule has 4 saturated carbocycles. The van der Waals surface area contributed by atoms with Gasteiger partial charge in [-0.05, 0) is 98.6 Å². The second-order valence-electron chi connectivity index (χ2n) is 16.4. The van der Waals surface area contributed by atoms with E-state index >= 15 is 0 Å². The van der Waals surface area contributed by atoms with Gasteiger partial charge < -0.3 is 16.0 Å². The van der Waals surface area contributed by atoms with Crippen LogP contribution in [0.4, 0.5) is 11.4 Å². The molecule has 0 atom stereocenters. The molecule has 7 aromatic rings. The lowest BCUT2D eigenvalue weighted by Crippen LogP contribution is -2.52. The molecule has 11 nitrogen and oxygen atoms in total. The Kier molecular flexibility index (Phi) is 8.29. The van der Waals surface area contributed by atoms with E-state index < -0.39 is 0 Å². The number of benzene rings is 4. The average Bonchev–Trinajstić information content (AvgIpc) is 3.45. The first kappa shape index (κ1) is 34.8. The zero-order valence-electron chi connectivity index (χ0n) is 29.8. The van der Waals surface area contributed by atoms with Crippen LogP contribution in [-0.2, 0) is 0 Å². The number of fused-ring (bicyclic) bond motifs is 3. The SMILES string of the molecule is C.Nc1ccccc1NC1CC2(C1)CC(c1n[nH]c(=O)c3ccccc13)C2.O=c1[nH]nc(C2CC3(C2)CC(n2c(=O)[nH]c4ccccc42)C3)c2ccccc12. The Hall–Kier alpha value is -5.97. The Labute approximate surface area is 317 Å². The van der Waals surface area contributed by atoms with Crippen LogP contribution in [0.3, 0.4) is 0 Å². The maximum atomic E-state index is 12.4. The highest BCUT2D eigenvalue weighted by Gasteiger charge is 2.55. The van der Waals surface area contributed by atoms with E-state index in [4.69, 9.17) is 5.73 Å². The van der Waals surface area contributed by atoms with Gasteiger partial charge in [0.15, 0.2) is 0 Å². The summed E-state index contributed by atoms with van der Waals surface area (Å²) in [7, 11) is 0. The van der Waals surface area contributed by atoms with E-state index in [1.165, 1.54) is 12.8 Å². The summed E-state index contributed by atoms with van der Waals surface area (Å²) in [6.45, 7) is 0. The smallest absolute Gasteiger partial charge is 0.326 e. The van der Waals surface area contributed by atoms with Gasteiger partial charge in [0.05, 0.1) is 44.6 Å². The van der Waals surface area contributed by atoms with Crippen LogP contribution in [0.15, 0.2) is 111 Å². The van der Waals surface area contributed by atoms with Crippen molar-refractivity contribution in [2.24, 2.45) is 10.8 Å². The Morgan fingerprint density at radius 1 is 0.618 bits per heavy atom. The van der Waals surface area contributed by atoms with Gasteiger partial charge in [0.1, 0.15) is 0 Å². The maximum Gasteiger partial charge on any atom is 0.326 e. The first-order valence-electron chi connectivity index (χ1n) is 19.0. The lowest BCUT2D eigenvalue weighted by molar-refractivity contribution is -0.0353. The predicted octanol–water partition coefficient (Wildman–Crippen LogP) is 7.74. The van der Waals surface area contributed by atoms with Crippen LogP contribution >= 0.6 is 0 Å².